The molecule has 0 aliphatic carbocycles. The Labute approximate surface area is 159 Å². The van der Waals surface area contributed by atoms with Crippen molar-refractivity contribution in [3.8, 4) is 11.1 Å². The van der Waals surface area contributed by atoms with Gasteiger partial charge in [-0.25, -0.2) is 0 Å². The smallest absolute Gasteiger partial charge is 0.371 e. The highest BCUT2D eigenvalue weighted by molar-refractivity contribution is 6.05. The number of nitrogens with zero attached hydrogens (tertiary/aromatic N) is 3. The number of rotatable bonds is 3. The zero-order chi connectivity index (χ0) is 19.9. The van der Waals surface area contributed by atoms with E-state index in [1.165, 1.54) is 6.20 Å². The monoisotopic (exact) mass is 386 g/mol. The highest BCUT2D eigenvalue weighted by Crippen LogP contribution is 2.45. The highest BCUT2D eigenvalue weighted by Gasteiger charge is 2.38. The zero-order valence-electron chi connectivity index (χ0n) is 14.8. The van der Waals surface area contributed by atoms with Gasteiger partial charge in [0.25, 0.3) is 0 Å². The molecule has 28 heavy (non-hydrogen) atoms. The van der Waals surface area contributed by atoms with Gasteiger partial charge in [-0.3, -0.25) is 4.79 Å². The minimum absolute atomic E-state index is 0.0164. The van der Waals surface area contributed by atoms with Gasteiger partial charge >= 0.3 is 6.18 Å². The Bertz CT molecular complexity index is 1060. The summed E-state index contributed by atoms with van der Waals surface area (Å²) in [5, 5.41) is 9.15. The number of nitrogens with two attached hydrogens (primary N) is 1. The molecule has 0 saturated carbocycles. The van der Waals surface area contributed by atoms with E-state index in [-0.39, 0.29) is 16.8 Å². The van der Waals surface area contributed by atoms with Crippen molar-refractivity contribution in [1.29, 1.82) is 0 Å². The van der Waals surface area contributed by atoms with Crippen molar-refractivity contribution in [2.75, 3.05) is 18.0 Å². The molecule has 1 saturated heterocycles. The fourth-order valence-electron chi connectivity index (χ4n) is 3.74. The molecule has 1 aromatic heterocycles. The lowest BCUT2D eigenvalue weighted by Crippen LogP contribution is -2.25. The zero-order valence-corrected chi connectivity index (χ0v) is 14.8. The molecule has 5 nitrogen and oxygen atoms in total. The van der Waals surface area contributed by atoms with Crippen LogP contribution in [0.4, 0.5) is 18.9 Å². The van der Waals surface area contributed by atoms with Crippen LogP contribution in [0, 0.1) is 0 Å². The number of alkyl halides is 3. The maximum absolute atomic E-state index is 13.8. The summed E-state index contributed by atoms with van der Waals surface area (Å²) in [4.78, 5) is 13.8. The lowest BCUT2D eigenvalue weighted by molar-refractivity contribution is -0.137. The predicted molar refractivity (Wildman–Crippen MR) is 99.9 cm³/mol. The number of fused-ring (bicyclic) bond motifs is 1. The number of anilines is 1. The van der Waals surface area contributed by atoms with Crippen molar-refractivity contribution in [3.63, 3.8) is 0 Å². The Morgan fingerprint density at radius 3 is 2.32 bits per heavy atom. The first-order valence-corrected chi connectivity index (χ1v) is 8.86. The third-order valence-corrected chi connectivity index (χ3v) is 5.01. The summed E-state index contributed by atoms with van der Waals surface area (Å²) in [6.07, 6.45) is 0.147. The van der Waals surface area contributed by atoms with Crippen LogP contribution in [0.25, 0.3) is 21.9 Å². The Morgan fingerprint density at radius 1 is 1.00 bits per heavy atom. The van der Waals surface area contributed by atoms with Gasteiger partial charge < -0.3 is 10.6 Å². The van der Waals surface area contributed by atoms with Crippen LogP contribution in [0.1, 0.15) is 28.8 Å². The molecule has 0 spiro atoms. The van der Waals surface area contributed by atoms with E-state index in [1.54, 1.807) is 29.3 Å². The molecule has 0 atom stereocenters. The summed E-state index contributed by atoms with van der Waals surface area (Å²) in [5.41, 5.74) is 5.55. The first-order chi connectivity index (χ1) is 13.4. The molecule has 8 heteroatoms. The molecular weight excluding hydrogens is 369 g/mol. The molecule has 1 amide bonds. The summed E-state index contributed by atoms with van der Waals surface area (Å²) < 4.78 is 41.5. The highest BCUT2D eigenvalue weighted by atomic mass is 19.4. The molecule has 144 valence electrons. The third-order valence-electron chi connectivity index (χ3n) is 5.01. The number of hydrogen-bond acceptors (Lipinski definition) is 4. The summed E-state index contributed by atoms with van der Waals surface area (Å²) in [5.74, 6) is -0.767. The summed E-state index contributed by atoms with van der Waals surface area (Å²) in [7, 11) is 0. The van der Waals surface area contributed by atoms with E-state index in [0.717, 1.165) is 30.4 Å². The van der Waals surface area contributed by atoms with Gasteiger partial charge in [0.2, 0.25) is 5.91 Å². The van der Waals surface area contributed by atoms with E-state index in [1.807, 2.05) is 0 Å². The minimum Gasteiger partial charge on any atom is -0.371 e. The molecule has 4 rings (SSSR count). The third kappa shape index (κ3) is 3.15. The van der Waals surface area contributed by atoms with Crippen molar-refractivity contribution in [2.45, 2.75) is 19.0 Å². The first kappa shape index (κ1) is 18.2. The maximum atomic E-state index is 13.8. The molecule has 2 N–H and O–H groups in total. The van der Waals surface area contributed by atoms with E-state index in [2.05, 4.69) is 10.2 Å². The second-order valence-electron chi connectivity index (χ2n) is 6.77. The molecule has 1 aliphatic rings. The number of primary amides is 1. The van der Waals surface area contributed by atoms with Gasteiger partial charge in [-0.05, 0) is 36.6 Å². The van der Waals surface area contributed by atoms with E-state index >= 15 is 0 Å². The average molecular weight is 386 g/mol. The van der Waals surface area contributed by atoms with Crippen molar-refractivity contribution in [3.05, 3.63) is 53.9 Å². The number of halogens is 3. The summed E-state index contributed by atoms with van der Waals surface area (Å²) in [6.45, 7) is 0.995. The SMILES string of the molecule is NC(=O)c1ccc(C(F)(F)F)c(N2CCCC2)c1-c1ccc2cnncc2c1. The Kier molecular flexibility index (Phi) is 4.41. The van der Waals surface area contributed by atoms with Gasteiger partial charge in [-0.1, -0.05) is 12.1 Å². The number of carbonyl (C=O) groups is 1. The lowest BCUT2D eigenvalue weighted by atomic mass is 9.92. The second-order valence-corrected chi connectivity index (χ2v) is 6.77. The molecule has 1 aliphatic heterocycles. The fraction of sp³-hybridized carbons (Fsp3) is 0.250. The van der Waals surface area contributed by atoms with Crippen molar-refractivity contribution in [1.82, 2.24) is 10.2 Å². The van der Waals surface area contributed by atoms with Gasteiger partial charge in [0, 0.05) is 35.0 Å². The van der Waals surface area contributed by atoms with Crippen molar-refractivity contribution >= 4 is 22.4 Å². The molecule has 2 heterocycles. The van der Waals surface area contributed by atoms with Gasteiger partial charge in [0.15, 0.2) is 0 Å². The standard InChI is InChI=1S/C20H17F3N4O/c21-20(22,23)16-6-5-15(19(24)28)17(18(16)27-7-1-2-8-27)12-3-4-13-10-25-26-11-14(13)9-12/h3-6,9-11H,1-2,7-8H2,(H2,24,28). The van der Waals surface area contributed by atoms with Crippen LogP contribution in [0.3, 0.4) is 0 Å². The molecule has 1 fully saturated rings. The van der Waals surface area contributed by atoms with E-state index in [9.17, 15) is 18.0 Å². The minimum atomic E-state index is -4.55. The maximum Gasteiger partial charge on any atom is 0.418 e. The van der Waals surface area contributed by atoms with Crippen LogP contribution in [-0.2, 0) is 6.18 Å². The molecule has 3 aromatic rings. The van der Waals surface area contributed by atoms with Gasteiger partial charge in [0.1, 0.15) is 0 Å². The summed E-state index contributed by atoms with van der Waals surface area (Å²) >= 11 is 0. The molecular formula is C20H17F3N4O. The molecule has 2 aromatic carbocycles. The van der Waals surface area contributed by atoms with Crippen LogP contribution >= 0.6 is 0 Å². The van der Waals surface area contributed by atoms with Crippen LogP contribution in [0.5, 0.6) is 0 Å². The van der Waals surface area contributed by atoms with Gasteiger partial charge in [-0.2, -0.15) is 23.4 Å². The van der Waals surface area contributed by atoms with Crippen molar-refractivity contribution in [2.24, 2.45) is 5.73 Å². The van der Waals surface area contributed by atoms with Crippen LogP contribution in [-0.4, -0.2) is 29.2 Å². The normalized spacial score (nSPS) is 14.6. The van der Waals surface area contributed by atoms with Crippen molar-refractivity contribution < 1.29 is 18.0 Å². The number of hydrogen-bond donors (Lipinski definition) is 1. The van der Waals surface area contributed by atoms with Crippen LogP contribution < -0.4 is 10.6 Å². The Balaban J connectivity index is 2.05. The summed E-state index contributed by atoms with van der Waals surface area (Å²) in [6, 6.07) is 7.26. The number of amides is 1. The van der Waals surface area contributed by atoms with E-state index in [0.29, 0.717) is 24.0 Å². The number of benzene rings is 2. The molecule has 0 bridgehead atoms. The number of carbonyl (C=O) groups excluding carboxylic acids is 1. The molecule has 0 unspecified atom stereocenters. The quantitative estimate of drug-likeness (QED) is 0.738. The van der Waals surface area contributed by atoms with Gasteiger partial charge in [-0.15, -0.1) is 0 Å². The largest absolute Gasteiger partial charge is 0.418 e. The predicted octanol–water partition coefficient (Wildman–Crippen LogP) is 4.01. The topological polar surface area (TPSA) is 72.1 Å². The second kappa shape index (κ2) is 6.78. The van der Waals surface area contributed by atoms with Crippen LogP contribution in [0.15, 0.2) is 42.7 Å². The van der Waals surface area contributed by atoms with Gasteiger partial charge in [0.05, 0.1) is 23.6 Å². The lowest BCUT2D eigenvalue weighted by Gasteiger charge is -2.27. The first-order valence-electron chi connectivity index (χ1n) is 8.86. The Hall–Kier alpha value is -3.16. The fourth-order valence-corrected chi connectivity index (χ4v) is 3.74. The average Bonchev–Trinajstić information content (AvgIpc) is 3.20. The molecule has 0 radical (unpaired) electrons. The van der Waals surface area contributed by atoms with Crippen LogP contribution in [0.2, 0.25) is 0 Å². The van der Waals surface area contributed by atoms with E-state index < -0.39 is 17.6 Å². The van der Waals surface area contributed by atoms with E-state index in [4.69, 9.17) is 5.73 Å². The number of aromatic nitrogens is 2. The Morgan fingerprint density at radius 2 is 1.68 bits per heavy atom.